The zero-order valence-electron chi connectivity index (χ0n) is 13.2. The second kappa shape index (κ2) is 15.7. The van der Waals surface area contributed by atoms with Crippen LogP contribution in [0.4, 0.5) is 0 Å². The fourth-order valence-corrected chi connectivity index (χ4v) is 2.25. The van der Waals surface area contributed by atoms with Crippen molar-refractivity contribution in [2.24, 2.45) is 0 Å². The Morgan fingerprint density at radius 2 is 1.21 bits per heavy atom. The second-order valence-electron chi connectivity index (χ2n) is 5.60. The highest BCUT2D eigenvalue weighted by molar-refractivity contribution is 5.55. The van der Waals surface area contributed by atoms with E-state index in [4.69, 9.17) is 4.74 Å². The zero-order chi connectivity index (χ0) is 14.2. The Hall–Kier alpha value is -0.370. The highest BCUT2D eigenvalue weighted by Gasteiger charge is 1.98. The van der Waals surface area contributed by atoms with E-state index < -0.39 is 0 Å². The number of hydrogen-bond acceptors (Lipinski definition) is 2. The summed E-state index contributed by atoms with van der Waals surface area (Å²) < 4.78 is 5.31. The van der Waals surface area contributed by atoms with Crippen molar-refractivity contribution in [3.05, 3.63) is 0 Å². The summed E-state index contributed by atoms with van der Waals surface area (Å²) >= 11 is 0. The lowest BCUT2D eigenvalue weighted by molar-refractivity contribution is -0.117. The van der Waals surface area contributed by atoms with Gasteiger partial charge in [-0.05, 0) is 13.3 Å². The summed E-state index contributed by atoms with van der Waals surface area (Å²) in [6.07, 6.45) is 16.9. The molecule has 0 heterocycles. The minimum atomic E-state index is -0.229. The summed E-state index contributed by atoms with van der Waals surface area (Å²) in [5.41, 5.74) is 0. The molecule has 0 saturated heterocycles. The molecule has 2 heteroatoms. The first kappa shape index (κ1) is 18.6. The number of hydrogen-bond donors (Lipinski definition) is 0. The van der Waals surface area contributed by atoms with E-state index in [0.29, 0.717) is 0 Å². The maximum Gasteiger partial charge on any atom is 0.148 e. The molecule has 2 nitrogen and oxygen atoms in total. The number of ether oxygens (including phenoxy) is 1. The lowest BCUT2D eigenvalue weighted by Crippen LogP contribution is -2.09. The van der Waals surface area contributed by atoms with Gasteiger partial charge in [0.05, 0.1) is 0 Å². The average molecular weight is 270 g/mol. The minimum absolute atomic E-state index is 0.229. The zero-order valence-corrected chi connectivity index (χ0v) is 13.2. The van der Waals surface area contributed by atoms with Gasteiger partial charge >= 0.3 is 0 Å². The monoisotopic (exact) mass is 270 g/mol. The lowest BCUT2D eigenvalue weighted by atomic mass is 10.1. The molecule has 0 aromatic carbocycles. The molecule has 0 saturated carbocycles. The molecule has 0 aliphatic rings. The van der Waals surface area contributed by atoms with Gasteiger partial charge < -0.3 is 9.53 Å². The molecule has 0 N–H and O–H groups in total. The van der Waals surface area contributed by atoms with E-state index in [-0.39, 0.29) is 6.10 Å². The normalized spacial score (nSPS) is 12.5. The maximum atomic E-state index is 10.3. The molecule has 0 aromatic rings. The quantitative estimate of drug-likeness (QED) is 0.298. The van der Waals surface area contributed by atoms with Crippen LogP contribution in [-0.4, -0.2) is 19.0 Å². The lowest BCUT2D eigenvalue weighted by Gasteiger charge is -2.06. The summed E-state index contributed by atoms with van der Waals surface area (Å²) in [6, 6.07) is 0. The van der Waals surface area contributed by atoms with Crippen molar-refractivity contribution in [1.82, 2.24) is 0 Å². The van der Waals surface area contributed by atoms with E-state index in [9.17, 15) is 4.79 Å². The van der Waals surface area contributed by atoms with Crippen LogP contribution in [0.2, 0.25) is 0 Å². The molecule has 1 unspecified atom stereocenters. The van der Waals surface area contributed by atoms with Gasteiger partial charge in [-0.1, -0.05) is 77.6 Å². The van der Waals surface area contributed by atoms with Crippen LogP contribution in [0.25, 0.3) is 0 Å². The predicted molar refractivity (Wildman–Crippen MR) is 82.6 cm³/mol. The molecule has 1 atom stereocenters. The SMILES string of the molecule is CCCCCCCCCCCCCCOC(C)C=O. The van der Waals surface area contributed by atoms with Gasteiger partial charge in [0.2, 0.25) is 0 Å². The van der Waals surface area contributed by atoms with Crippen molar-refractivity contribution >= 4 is 6.29 Å². The van der Waals surface area contributed by atoms with Gasteiger partial charge in [0.15, 0.2) is 0 Å². The fourth-order valence-electron chi connectivity index (χ4n) is 2.25. The van der Waals surface area contributed by atoms with E-state index >= 15 is 0 Å². The van der Waals surface area contributed by atoms with Gasteiger partial charge in [-0.25, -0.2) is 0 Å². The Morgan fingerprint density at radius 3 is 1.63 bits per heavy atom. The van der Waals surface area contributed by atoms with E-state index in [0.717, 1.165) is 19.3 Å². The highest BCUT2D eigenvalue weighted by Crippen LogP contribution is 2.11. The number of carbonyl (C=O) groups is 1. The summed E-state index contributed by atoms with van der Waals surface area (Å²) in [6.45, 7) is 4.80. The van der Waals surface area contributed by atoms with Crippen molar-refractivity contribution in [2.75, 3.05) is 6.61 Å². The minimum Gasteiger partial charge on any atom is -0.371 e. The van der Waals surface area contributed by atoms with Crippen molar-refractivity contribution < 1.29 is 9.53 Å². The van der Waals surface area contributed by atoms with Crippen molar-refractivity contribution in [3.63, 3.8) is 0 Å². The van der Waals surface area contributed by atoms with Crippen LogP contribution in [0.3, 0.4) is 0 Å². The summed E-state index contributed by atoms with van der Waals surface area (Å²) in [4.78, 5) is 10.3. The maximum absolute atomic E-state index is 10.3. The van der Waals surface area contributed by atoms with Gasteiger partial charge in [0.1, 0.15) is 12.4 Å². The van der Waals surface area contributed by atoms with Gasteiger partial charge in [0, 0.05) is 6.61 Å². The molecular formula is C17H34O2. The van der Waals surface area contributed by atoms with Crippen LogP contribution in [0.5, 0.6) is 0 Å². The molecule has 0 amide bonds. The molecule has 19 heavy (non-hydrogen) atoms. The van der Waals surface area contributed by atoms with Crippen LogP contribution in [0, 0.1) is 0 Å². The third kappa shape index (κ3) is 15.6. The number of aldehydes is 1. The van der Waals surface area contributed by atoms with Crippen LogP contribution < -0.4 is 0 Å². The summed E-state index contributed by atoms with van der Waals surface area (Å²) in [7, 11) is 0. The third-order valence-electron chi connectivity index (χ3n) is 3.57. The molecule has 0 spiro atoms. The molecule has 114 valence electrons. The molecule has 0 aliphatic heterocycles. The predicted octanol–water partition coefficient (Wildman–Crippen LogP) is 5.29. The first-order chi connectivity index (χ1) is 9.31. The molecular weight excluding hydrogens is 236 g/mol. The Bertz CT molecular complexity index is 180. The van der Waals surface area contributed by atoms with E-state index in [1.807, 2.05) is 0 Å². The van der Waals surface area contributed by atoms with Gasteiger partial charge in [0.25, 0.3) is 0 Å². The summed E-state index contributed by atoms with van der Waals surface area (Å²) in [5.74, 6) is 0. The standard InChI is InChI=1S/C17H34O2/c1-3-4-5-6-7-8-9-10-11-12-13-14-15-19-17(2)16-18/h16-17H,3-15H2,1-2H3. The van der Waals surface area contributed by atoms with Gasteiger partial charge in [-0.2, -0.15) is 0 Å². The number of rotatable bonds is 15. The van der Waals surface area contributed by atoms with Crippen LogP contribution >= 0.6 is 0 Å². The molecule has 0 aromatic heterocycles. The largest absolute Gasteiger partial charge is 0.371 e. The Balaban J connectivity index is 2.97. The Morgan fingerprint density at radius 1 is 0.789 bits per heavy atom. The molecule has 0 bridgehead atoms. The van der Waals surface area contributed by atoms with Crippen molar-refractivity contribution in [3.8, 4) is 0 Å². The van der Waals surface area contributed by atoms with E-state index in [1.165, 1.54) is 70.6 Å². The summed E-state index contributed by atoms with van der Waals surface area (Å²) in [5, 5.41) is 0. The molecule has 0 fully saturated rings. The van der Waals surface area contributed by atoms with E-state index in [1.54, 1.807) is 6.92 Å². The van der Waals surface area contributed by atoms with E-state index in [2.05, 4.69) is 6.92 Å². The smallest absolute Gasteiger partial charge is 0.148 e. The number of carbonyl (C=O) groups excluding carboxylic acids is 1. The highest BCUT2D eigenvalue weighted by atomic mass is 16.5. The third-order valence-corrected chi connectivity index (χ3v) is 3.57. The topological polar surface area (TPSA) is 26.3 Å². The van der Waals surface area contributed by atoms with Crippen molar-refractivity contribution in [1.29, 1.82) is 0 Å². The van der Waals surface area contributed by atoms with Crippen LogP contribution in [-0.2, 0) is 9.53 Å². The Labute approximate surface area is 120 Å². The first-order valence-electron chi connectivity index (χ1n) is 8.38. The Kier molecular flexibility index (Phi) is 15.4. The second-order valence-corrected chi connectivity index (χ2v) is 5.60. The van der Waals surface area contributed by atoms with Crippen LogP contribution in [0.1, 0.15) is 90.9 Å². The van der Waals surface area contributed by atoms with Gasteiger partial charge in [-0.15, -0.1) is 0 Å². The number of unbranched alkanes of at least 4 members (excludes halogenated alkanes) is 11. The van der Waals surface area contributed by atoms with Crippen molar-refractivity contribution in [2.45, 2.75) is 97.0 Å². The average Bonchev–Trinajstić information content (AvgIpc) is 2.43. The van der Waals surface area contributed by atoms with Crippen LogP contribution in [0.15, 0.2) is 0 Å². The fraction of sp³-hybridized carbons (Fsp3) is 0.941. The molecule has 0 rings (SSSR count). The molecule has 0 aliphatic carbocycles. The first-order valence-corrected chi connectivity index (χ1v) is 8.38. The molecule has 0 radical (unpaired) electrons. The van der Waals surface area contributed by atoms with Gasteiger partial charge in [-0.3, -0.25) is 0 Å².